The summed E-state index contributed by atoms with van der Waals surface area (Å²) < 4.78 is 27.0. The molecule has 1 heterocycles. The van der Waals surface area contributed by atoms with E-state index < -0.39 is 16.1 Å². The number of thiazole rings is 1. The van der Waals surface area contributed by atoms with Crippen molar-refractivity contribution in [1.29, 1.82) is 0 Å². The SMILES string of the molecule is CC(NS(=O)(=O)c1ccc(N)cc1Cl)c1nccs1. The van der Waals surface area contributed by atoms with Crippen LogP contribution < -0.4 is 10.5 Å². The van der Waals surface area contributed by atoms with Gasteiger partial charge in [-0.25, -0.2) is 18.1 Å². The van der Waals surface area contributed by atoms with E-state index in [0.717, 1.165) is 0 Å². The van der Waals surface area contributed by atoms with E-state index in [0.29, 0.717) is 10.7 Å². The number of nitrogen functional groups attached to an aromatic ring is 1. The van der Waals surface area contributed by atoms with E-state index in [1.807, 2.05) is 0 Å². The molecule has 2 aromatic rings. The van der Waals surface area contributed by atoms with E-state index in [1.54, 1.807) is 18.5 Å². The molecule has 0 saturated heterocycles. The first-order chi connectivity index (χ1) is 8.90. The average Bonchev–Trinajstić information content (AvgIpc) is 2.80. The van der Waals surface area contributed by atoms with Crippen molar-refractivity contribution in [2.75, 3.05) is 5.73 Å². The number of sulfonamides is 1. The number of aromatic nitrogens is 1. The lowest BCUT2D eigenvalue weighted by Crippen LogP contribution is -2.27. The monoisotopic (exact) mass is 317 g/mol. The molecular formula is C11H12ClN3O2S2. The largest absolute Gasteiger partial charge is 0.399 e. The summed E-state index contributed by atoms with van der Waals surface area (Å²) in [6.07, 6.45) is 1.63. The van der Waals surface area contributed by atoms with Crippen LogP contribution in [0.15, 0.2) is 34.7 Å². The zero-order chi connectivity index (χ0) is 14.0. The lowest BCUT2D eigenvalue weighted by molar-refractivity contribution is 0.566. The van der Waals surface area contributed by atoms with Crippen molar-refractivity contribution in [3.63, 3.8) is 0 Å². The molecule has 0 bridgehead atoms. The van der Waals surface area contributed by atoms with Crippen molar-refractivity contribution in [2.45, 2.75) is 17.9 Å². The van der Waals surface area contributed by atoms with Gasteiger partial charge in [-0.1, -0.05) is 11.6 Å². The average molecular weight is 318 g/mol. The second-order valence-electron chi connectivity index (χ2n) is 3.90. The first-order valence-corrected chi connectivity index (χ1v) is 8.11. The van der Waals surface area contributed by atoms with E-state index in [1.165, 1.54) is 29.5 Å². The van der Waals surface area contributed by atoms with Crippen LogP contribution in [-0.4, -0.2) is 13.4 Å². The van der Waals surface area contributed by atoms with Crippen LogP contribution in [0.4, 0.5) is 5.69 Å². The third-order valence-corrected chi connectivity index (χ3v) is 5.38. The lowest BCUT2D eigenvalue weighted by atomic mass is 10.3. The molecule has 1 aromatic carbocycles. The lowest BCUT2D eigenvalue weighted by Gasteiger charge is -2.13. The highest BCUT2D eigenvalue weighted by Gasteiger charge is 2.22. The number of anilines is 1. The number of nitrogens with one attached hydrogen (secondary N) is 1. The Hall–Kier alpha value is -1.15. The summed E-state index contributed by atoms with van der Waals surface area (Å²) in [6.45, 7) is 1.72. The summed E-state index contributed by atoms with van der Waals surface area (Å²) in [4.78, 5) is 4.08. The molecule has 0 amide bonds. The molecule has 0 aliphatic carbocycles. The highest BCUT2D eigenvalue weighted by molar-refractivity contribution is 7.89. The molecule has 0 spiro atoms. The fraction of sp³-hybridized carbons (Fsp3) is 0.182. The van der Waals surface area contributed by atoms with E-state index >= 15 is 0 Å². The molecule has 0 aliphatic heterocycles. The fourth-order valence-corrected chi connectivity index (χ4v) is 4.01. The highest BCUT2D eigenvalue weighted by atomic mass is 35.5. The highest BCUT2D eigenvalue weighted by Crippen LogP contribution is 2.25. The molecule has 0 aliphatic rings. The molecule has 5 nitrogen and oxygen atoms in total. The van der Waals surface area contributed by atoms with Crippen molar-refractivity contribution in [3.8, 4) is 0 Å². The zero-order valence-electron chi connectivity index (χ0n) is 10.00. The molecule has 3 N–H and O–H groups in total. The summed E-state index contributed by atoms with van der Waals surface area (Å²) in [6, 6.07) is 3.87. The van der Waals surface area contributed by atoms with E-state index in [2.05, 4.69) is 9.71 Å². The maximum absolute atomic E-state index is 12.2. The predicted octanol–water partition coefficient (Wildman–Crippen LogP) is 2.42. The normalized spacial score (nSPS) is 13.4. The number of benzene rings is 1. The maximum atomic E-state index is 12.2. The first-order valence-electron chi connectivity index (χ1n) is 5.37. The quantitative estimate of drug-likeness (QED) is 0.848. The predicted molar refractivity (Wildman–Crippen MR) is 76.7 cm³/mol. The molecule has 19 heavy (non-hydrogen) atoms. The number of hydrogen-bond acceptors (Lipinski definition) is 5. The van der Waals surface area contributed by atoms with E-state index in [4.69, 9.17) is 17.3 Å². The van der Waals surface area contributed by atoms with Crippen LogP contribution in [0.5, 0.6) is 0 Å². The van der Waals surface area contributed by atoms with Gasteiger partial charge in [-0.15, -0.1) is 11.3 Å². The Morgan fingerprint density at radius 2 is 2.21 bits per heavy atom. The maximum Gasteiger partial charge on any atom is 0.242 e. The van der Waals surface area contributed by atoms with Crippen LogP contribution in [0, 0.1) is 0 Å². The molecular weight excluding hydrogens is 306 g/mol. The molecule has 1 atom stereocenters. The van der Waals surface area contributed by atoms with Crippen LogP contribution in [0.25, 0.3) is 0 Å². The summed E-state index contributed by atoms with van der Waals surface area (Å²) >= 11 is 7.29. The molecule has 2 rings (SSSR count). The number of nitrogens with zero attached hydrogens (tertiary/aromatic N) is 1. The third kappa shape index (κ3) is 3.24. The van der Waals surface area contributed by atoms with Crippen molar-refractivity contribution in [3.05, 3.63) is 39.8 Å². The van der Waals surface area contributed by atoms with Crippen molar-refractivity contribution in [1.82, 2.24) is 9.71 Å². The smallest absolute Gasteiger partial charge is 0.242 e. The Bertz CT molecular complexity index is 671. The van der Waals surface area contributed by atoms with E-state index in [-0.39, 0.29) is 9.92 Å². The minimum absolute atomic E-state index is 0.00627. The number of nitrogens with two attached hydrogens (primary N) is 1. The van der Waals surface area contributed by atoms with Crippen LogP contribution in [0.2, 0.25) is 5.02 Å². The molecule has 8 heteroatoms. The number of halogens is 1. The fourth-order valence-electron chi connectivity index (χ4n) is 1.53. The second kappa shape index (κ2) is 5.46. The Balaban J connectivity index is 2.28. The van der Waals surface area contributed by atoms with Crippen LogP contribution in [0.3, 0.4) is 0 Å². The van der Waals surface area contributed by atoms with Gasteiger partial charge in [0.25, 0.3) is 0 Å². The molecule has 0 radical (unpaired) electrons. The van der Waals surface area contributed by atoms with Gasteiger partial charge < -0.3 is 5.73 Å². The minimum atomic E-state index is -3.70. The summed E-state index contributed by atoms with van der Waals surface area (Å²) in [7, 11) is -3.70. The number of rotatable bonds is 4. The summed E-state index contributed by atoms with van der Waals surface area (Å²) in [5.41, 5.74) is 5.96. The molecule has 0 fully saturated rings. The second-order valence-corrected chi connectivity index (χ2v) is 6.92. The van der Waals surface area contributed by atoms with Gasteiger partial charge in [0.2, 0.25) is 10.0 Å². The van der Waals surface area contributed by atoms with Crippen molar-refractivity contribution in [2.24, 2.45) is 0 Å². The Kier molecular flexibility index (Phi) is 4.10. The van der Waals surface area contributed by atoms with Crippen LogP contribution >= 0.6 is 22.9 Å². The van der Waals surface area contributed by atoms with E-state index in [9.17, 15) is 8.42 Å². The van der Waals surface area contributed by atoms with Gasteiger partial charge >= 0.3 is 0 Å². The van der Waals surface area contributed by atoms with Crippen LogP contribution in [0.1, 0.15) is 18.0 Å². The Labute approximate surface area is 120 Å². The van der Waals surface area contributed by atoms with Crippen LogP contribution in [-0.2, 0) is 10.0 Å². The first kappa shape index (κ1) is 14.3. The van der Waals surface area contributed by atoms with Gasteiger partial charge in [-0.05, 0) is 25.1 Å². The van der Waals surface area contributed by atoms with Gasteiger partial charge in [0.15, 0.2) is 0 Å². The molecule has 0 saturated carbocycles. The minimum Gasteiger partial charge on any atom is -0.399 e. The molecule has 1 aromatic heterocycles. The third-order valence-electron chi connectivity index (χ3n) is 2.40. The van der Waals surface area contributed by atoms with Gasteiger partial charge in [0.1, 0.15) is 9.90 Å². The molecule has 102 valence electrons. The van der Waals surface area contributed by atoms with Gasteiger partial charge in [-0.3, -0.25) is 0 Å². The van der Waals surface area contributed by atoms with Crippen molar-refractivity contribution >= 4 is 38.6 Å². The van der Waals surface area contributed by atoms with Gasteiger partial charge in [-0.2, -0.15) is 0 Å². The van der Waals surface area contributed by atoms with Gasteiger partial charge in [0.05, 0.1) is 11.1 Å². The van der Waals surface area contributed by atoms with Gasteiger partial charge in [0, 0.05) is 17.3 Å². The standard InChI is InChI=1S/C11H12ClN3O2S2/c1-7(11-14-4-5-18-11)15-19(16,17)10-3-2-8(13)6-9(10)12/h2-7,15H,13H2,1H3. The summed E-state index contributed by atoms with van der Waals surface area (Å²) in [5.74, 6) is 0. The zero-order valence-corrected chi connectivity index (χ0v) is 12.4. The molecule has 1 unspecified atom stereocenters. The number of hydrogen-bond donors (Lipinski definition) is 2. The Morgan fingerprint density at radius 1 is 1.47 bits per heavy atom. The summed E-state index contributed by atoms with van der Waals surface area (Å²) in [5, 5.41) is 2.57. The Morgan fingerprint density at radius 3 is 2.79 bits per heavy atom. The topological polar surface area (TPSA) is 85.1 Å². The van der Waals surface area contributed by atoms with Crippen molar-refractivity contribution < 1.29 is 8.42 Å².